The first-order valence-corrected chi connectivity index (χ1v) is 9.21. The lowest BCUT2D eigenvalue weighted by atomic mass is 10.2. The van der Waals surface area contributed by atoms with E-state index in [1.807, 2.05) is 30.3 Å². The van der Waals surface area contributed by atoms with Crippen LogP contribution in [0.3, 0.4) is 0 Å². The van der Waals surface area contributed by atoms with E-state index in [9.17, 15) is 4.79 Å². The number of benzene rings is 2. The predicted octanol–water partition coefficient (Wildman–Crippen LogP) is 3.48. The standard InChI is InChI=1S/C20H19BrN4O3/c1-27-18-8-5-15(11-19(18)28-2)12-22-23-20(26)17-9-10-25(24-17)13-14-3-6-16(21)7-4-14/h3-12H,13H2,1-2H3,(H,23,26). The zero-order valence-corrected chi connectivity index (χ0v) is 17.0. The highest BCUT2D eigenvalue weighted by Crippen LogP contribution is 2.26. The van der Waals surface area contributed by atoms with E-state index in [2.05, 4.69) is 31.6 Å². The van der Waals surface area contributed by atoms with Crippen molar-refractivity contribution in [1.29, 1.82) is 0 Å². The number of aromatic nitrogens is 2. The molecule has 1 N–H and O–H groups in total. The van der Waals surface area contributed by atoms with Crippen LogP contribution in [0, 0.1) is 0 Å². The van der Waals surface area contributed by atoms with Gasteiger partial charge in [-0.05, 0) is 47.5 Å². The maximum atomic E-state index is 12.2. The number of nitrogens with one attached hydrogen (secondary N) is 1. The molecule has 1 amide bonds. The van der Waals surface area contributed by atoms with Crippen LogP contribution in [0.2, 0.25) is 0 Å². The number of hydrazone groups is 1. The number of halogens is 1. The van der Waals surface area contributed by atoms with E-state index in [4.69, 9.17) is 9.47 Å². The summed E-state index contributed by atoms with van der Waals surface area (Å²) in [6, 6.07) is 14.9. The molecule has 0 bridgehead atoms. The Morgan fingerprint density at radius 1 is 1.14 bits per heavy atom. The summed E-state index contributed by atoms with van der Waals surface area (Å²) in [7, 11) is 3.13. The zero-order valence-electron chi connectivity index (χ0n) is 15.4. The Morgan fingerprint density at radius 3 is 2.61 bits per heavy atom. The van der Waals surface area contributed by atoms with E-state index in [1.54, 1.807) is 43.3 Å². The van der Waals surface area contributed by atoms with E-state index >= 15 is 0 Å². The van der Waals surface area contributed by atoms with Gasteiger partial charge in [-0.1, -0.05) is 28.1 Å². The van der Waals surface area contributed by atoms with Gasteiger partial charge in [0.1, 0.15) is 0 Å². The number of carbonyl (C=O) groups excluding carboxylic acids is 1. The summed E-state index contributed by atoms with van der Waals surface area (Å²) in [4.78, 5) is 12.2. The maximum absolute atomic E-state index is 12.2. The Hall–Kier alpha value is -3.13. The summed E-state index contributed by atoms with van der Waals surface area (Å²) in [5.41, 5.74) is 4.62. The third-order valence-corrected chi connectivity index (χ3v) is 4.45. The van der Waals surface area contributed by atoms with Crippen molar-refractivity contribution in [2.75, 3.05) is 14.2 Å². The van der Waals surface area contributed by atoms with Gasteiger partial charge in [-0.15, -0.1) is 0 Å². The van der Waals surface area contributed by atoms with Gasteiger partial charge in [-0.25, -0.2) is 5.43 Å². The molecule has 28 heavy (non-hydrogen) atoms. The number of hydrogen-bond donors (Lipinski definition) is 1. The second-order valence-electron chi connectivity index (χ2n) is 5.84. The van der Waals surface area contributed by atoms with Crippen LogP contribution in [-0.2, 0) is 6.54 Å². The lowest BCUT2D eigenvalue weighted by Gasteiger charge is -2.07. The third kappa shape index (κ3) is 4.98. The predicted molar refractivity (Wildman–Crippen MR) is 110 cm³/mol. The fourth-order valence-electron chi connectivity index (χ4n) is 2.50. The van der Waals surface area contributed by atoms with Gasteiger partial charge in [0.05, 0.1) is 27.0 Å². The van der Waals surface area contributed by atoms with Gasteiger partial charge in [0.15, 0.2) is 17.2 Å². The van der Waals surface area contributed by atoms with Crippen LogP contribution in [-0.4, -0.2) is 36.1 Å². The first kappa shape index (κ1) is 19.6. The average molecular weight is 443 g/mol. The summed E-state index contributed by atoms with van der Waals surface area (Å²) in [5.74, 6) is 0.829. The highest BCUT2D eigenvalue weighted by Gasteiger charge is 2.09. The quantitative estimate of drug-likeness (QED) is 0.448. The molecule has 1 heterocycles. The Morgan fingerprint density at radius 2 is 1.89 bits per heavy atom. The second-order valence-corrected chi connectivity index (χ2v) is 6.75. The molecule has 1 aromatic heterocycles. The number of hydrogen-bond acceptors (Lipinski definition) is 5. The minimum absolute atomic E-state index is 0.293. The SMILES string of the molecule is COc1ccc(C=NNC(=O)c2ccn(Cc3ccc(Br)cc3)n2)cc1OC. The van der Waals surface area contributed by atoms with Crippen molar-refractivity contribution in [2.24, 2.45) is 5.10 Å². The molecular weight excluding hydrogens is 424 g/mol. The maximum Gasteiger partial charge on any atom is 0.291 e. The van der Waals surface area contributed by atoms with Gasteiger partial charge >= 0.3 is 0 Å². The van der Waals surface area contributed by atoms with Gasteiger partial charge in [-0.3, -0.25) is 9.48 Å². The van der Waals surface area contributed by atoms with Crippen molar-refractivity contribution >= 4 is 28.1 Å². The molecule has 3 aromatic rings. The Bertz CT molecular complexity index is 983. The monoisotopic (exact) mass is 442 g/mol. The number of nitrogens with zero attached hydrogens (tertiary/aromatic N) is 3. The van der Waals surface area contributed by atoms with Crippen LogP contribution in [0.1, 0.15) is 21.6 Å². The molecule has 8 heteroatoms. The van der Waals surface area contributed by atoms with E-state index in [-0.39, 0.29) is 5.91 Å². The minimum atomic E-state index is -0.383. The molecule has 0 spiro atoms. The fourth-order valence-corrected chi connectivity index (χ4v) is 2.77. The molecule has 0 aliphatic heterocycles. The van der Waals surface area contributed by atoms with Crippen molar-refractivity contribution in [3.63, 3.8) is 0 Å². The van der Waals surface area contributed by atoms with Gasteiger partial charge < -0.3 is 9.47 Å². The van der Waals surface area contributed by atoms with Crippen molar-refractivity contribution in [3.8, 4) is 11.5 Å². The third-order valence-electron chi connectivity index (χ3n) is 3.92. The van der Waals surface area contributed by atoms with Crippen molar-refractivity contribution < 1.29 is 14.3 Å². The molecule has 0 fully saturated rings. The minimum Gasteiger partial charge on any atom is -0.493 e. The van der Waals surface area contributed by atoms with E-state index < -0.39 is 0 Å². The van der Waals surface area contributed by atoms with Crippen LogP contribution in [0.5, 0.6) is 11.5 Å². The molecule has 0 atom stereocenters. The molecule has 0 unspecified atom stereocenters. The second kappa shape index (κ2) is 9.18. The van der Waals surface area contributed by atoms with E-state index in [1.165, 1.54) is 6.21 Å². The van der Waals surface area contributed by atoms with Gasteiger partial charge in [0.25, 0.3) is 5.91 Å². The number of rotatable bonds is 7. The number of ether oxygens (including phenoxy) is 2. The van der Waals surface area contributed by atoms with Crippen molar-refractivity contribution in [1.82, 2.24) is 15.2 Å². The Labute approximate surface area is 171 Å². The highest BCUT2D eigenvalue weighted by molar-refractivity contribution is 9.10. The van der Waals surface area contributed by atoms with Crippen LogP contribution in [0.15, 0.2) is 64.3 Å². The van der Waals surface area contributed by atoms with Crippen LogP contribution in [0.25, 0.3) is 0 Å². The smallest absolute Gasteiger partial charge is 0.291 e. The van der Waals surface area contributed by atoms with Gasteiger partial charge in [0, 0.05) is 10.7 Å². The topological polar surface area (TPSA) is 77.7 Å². The lowest BCUT2D eigenvalue weighted by Crippen LogP contribution is -2.18. The molecule has 0 aliphatic rings. The fraction of sp³-hybridized carbons (Fsp3) is 0.150. The molecule has 144 valence electrons. The summed E-state index contributed by atoms with van der Waals surface area (Å²) >= 11 is 3.41. The number of amides is 1. The van der Waals surface area contributed by atoms with E-state index in [0.717, 1.165) is 15.6 Å². The Balaban J connectivity index is 1.60. The largest absolute Gasteiger partial charge is 0.493 e. The Kier molecular flexibility index (Phi) is 6.44. The molecule has 3 rings (SSSR count). The van der Waals surface area contributed by atoms with Crippen LogP contribution >= 0.6 is 15.9 Å². The zero-order chi connectivity index (χ0) is 19.9. The molecule has 0 radical (unpaired) electrons. The van der Waals surface area contributed by atoms with E-state index in [0.29, 0.717) is 23.7 Å². The molecule has 2 aromatic carbocycles. The summed E-state index contributed by atoms with van der Waals surface area (Å²) in [6.45, 7) is 0.579. The molecule has 0 aliphatic carbocycles. The number of methoxy groups -OCH3 is 2. The number of carbonyl (C=O) groups is 1. The molecule has 7 nitrogen and oxygen atoms in total. The lowest BCUT2D eigenvalue weighted by molar-refractivity contribution is 0.0949. The summed E-state index contributed by atoms with van der Waals surface area (Å²) in [6.07, 6.45) is 3.29. The normalized spacial score (nSPS) is 10.8. The molecule has 0 saturated heterocycles. The van der Waals surface area contributed by atoms with Gasteiger partial charge in [0.2, 0.25) is 0 Å². The highest BCUT2D eigenvalue weighted by atomic mass is 79.9. The van der Waals surface area contributed by atoms with Crippen molar-refractivity contribution in [2.45, 2.75) is 6.54 Å². The van der Waals surface area contributed by atoms with Crippen molar-refractivity contribution in [3.05, 3.63) is 76.0 Å². The summed E-state index contributed by atoms with van der Waals surface area (Å²) < 4.78 is 13.2. The summed E-state index contributed by atoms with van der Waals surface area (Å²) in [5, 5.41) is 8.26. The average Bonchev–Trinajstić information content (AvgIpc) is 3.18. The molecule has 0 saturated carbocycles. The van der Waals surface area contributed by atoms with Crippen LogP contribution < -0.4 is 14.9 Å². The van der Waals surface area contributed by atoms with Crippen LogP contribution in [0.4, 0.5) is 0 Å². The first-order chi connectivity index (χ1) is 13.6. The van der Waals surface area contributed by atoms with Gasteiger partial charge in [-0.2, -0.15) is 10.2 Å². The molecular formula is C20H19BrN4O3. The first-order valence-electron chi connectivity index (χ1n) is 8.42.